The number of aromatic nitrogens is 2. The summed E-state index contributed by atoms with van der Waals surface area (Å²) in [4.78, 5) is 11.7. The van der Waals surface area contributed by atoms with E-state index in [9.17, 15) is 0 Å². The Morgan fingerprint density at radius 1 is 1.10 bits per heavy atom. The van der Waals surface area contributed by atoms with Crippen LogP contribution in [0.1, 0.15) is 25.0 Å². The molecule has 21 heavy (non-hydrogen) atoms. The van der Waals surface area contributed by atoms with E-state index in [-0.39, 0.29) is 0 Å². The van der Waals surface area contributed by atoms with Crippen molar-refractivity contribution >= 4 is 22.9 Å². The van der Waals surface area contributed by atoms with Crippen molar-refractivity contribution in [1.29, 1.82) is 0 Å². The molecule has 1 saturated heterocycles. The van der Waals surface area contributed by atoms with Gasteiger partial charge in [0.25, 0.3) is 0 Å². The zero-order valence-electron chi connectivity index (χ0n) is 12.2. The fourth-order valence-corrected chi connectivity index (χ4v) is 4.43. The predicted octanol–water partition coefficient (Wildman–Crippen LogP) is 2.71. The molecule has 1 aliphatic carbocycles. The molecule has 2 atom stereocenters. The number of fused-ring (bicyclic) bond motifs is 4. The SMILES string of the molecule is C1=NCCn2c1cc1cc(N3CC4CCCC4C3)cnc12. The second-order valence-electron chi connectivity index (χ2n) is 6.72. The maximum atomic E-state index is 4.75. The normalized spacial score (nSPS) is 27.3. The van der Waals surface area contributed by atoms with Gasteiger partial charge in [0, 0.05) is 31.2 Å². The van der Waals surface area contributed by atoms with Crippen molar-refractivity contribution in [3.63, 3.8) is 0 Å². The van der Waals surface area contributed by atoms with Gasteiger partial charge in [-0.05, 0) is 36.8 Å². The molecule has 4 heterocycles. The van der Waals surface area contributed by atoms with Crippen molar-refractivity contribution in [2.24, 2.45) is 16.8 Å². The number of anilines is 1. The number of rotatable bonds is 1. The summed E-state index contributed by atoms with van der Waals surface area (Å²) in [6.45, 7) is 4.28. The fourth-order valence-electron chi connectivity index (χ4n) is 4.43. The number of aliphatic imine (C=N–C) groups is 1. The lowest BCUT2D eigenvalue weighted by Crippen LogP contribution is -2.20. The molecular weight excluding hydrogens is 260 g/mol. The number of nitrogens with zero attached hydrogens (tertiary/aromatic N) is 4. The second-order valence-corrected chi connectivity index (χ2v) is 6.72. The smallest absolute Gasteiger partial charge is 0.140 e. The average molecular weight is 280 g/mol. The van der Waals surface area contributed by atoms with Crippen LogP contribution in [0, 0.1) is 11.8 Å². The highest BCUT2D eigenvalue weighted by atomic mass is 15.2. The van der Waals surface area contributed by atoms with Gasteiger partial charge in [0.2, 0.25) is 0 Å². The molecule has 0 radical (unpaired) electrons. The molecule has 0 N–H and O–H groups in total. The molecule has 2 unspecified atom stereocenters. The Bertz CT molecular complexity index is 718. The number of hydrogen-bond acceptors (Lipinski definition) is 3. The molecule has 2 aromatic heterocycles. The molecule has 1 saturated carbocycles. The fraction of sp³-hybridized carbons (Fsp3) is 0.529. The average Bonchev–Trinajstić information content (AvgIpc) is 3.18. The maximum absolute atomic E-state index is 4.75. The highest BCUT2D eigenvalue weighted by Gasteiger charge is 2.36. The molecule has 4 heteroatoms. The Hall–Kier alpha value is -1.84. The van der Waals surface area contributed by atoms with Crippen LogP contribution in [0.2, 0.25) is 0 Å². The molecule has 108 valence electrons. The van der Waals surface area contributed by atoms with Gasteiger partial charge in [-0.15, -0.1) is 0 Å². The van der Waals surface area contributed by atoms with Gasteiger partial charge in [-0.2, -0.15) is 0 Å². The van der Waals surface area contributed by atoms with Crippen LogP contribution >= 0.6 is 0 Å². The largest absolute Gasteiger partial charge is 0.370 e. The van der Waals surface area contributed by atoms with Crippen molar-refractivity contribution in [1.82, 2.24) is 9.55 Å². The molecule has 0 aromatic carbocycles. The Morgan fingerprint density at radius 3 is 2.81 bits per heavy atom. The Kier molecular flexibility index (Phi) is 2.43. The van der Waals surface area contributed by atoms with Crippen LogP contribution < -0.4 is 4.90 Å². The summed E-state index contributed by atoms with van der Waals surface area (Å²) in [5.74, 6) is 1.85. The van der Waals surface area contributed by atoms with E-state index in [4.69, 9.17) is 4.98 Å². The topological polar surface area (TPSA) is 33.4 Å². The van der Waals surface area contributed by atoms with Crippen molar-refractivity contribution < 1.29 is 0 Å². The number of pyridine rings is 1. The predicted molar refractivity (Wildman–Crippen MR) is 85.2 cm³/mol. The minimum atomic E-state index is 0.871. The van der Waals surface area contributed by atoms with Crippen molar-refractivity contribution in [2.45, 2.75) is 25.8 Å². The highest BCUT2D eigenvalue weighted by Crippen LogP contribution is 2.39. The van der Waals surface area contributed by atoms with Gasteiger partial charge in [-0.25, -0.2) is 4.98 Å². The quantitative estimate of drug-likeness (QED) is 0.804. The van der Waals surface area contributed by atoms with Gasteiger partial charge in [0.1, 0.15) is 5.65 Å². The van der Waals surface area contributed by atoms with E-state index in [1.165, 1.54) is 49.1 Å². The standard InChI is InChI=1S/C17H20N4/c1-2-12-10-20(11-13(12)3-1)15-6-14-7-16-8-18-4-5-21(16)17(14)19-9-15/h6-9,12-13H,1-5,10-11H2. The third-order valence-electron chi connectivity index (χ3n) is 5.52. The van der Waals surface area contributed by atoms with Gasteiger partial charge < -0.3 is 9.47 Å². The van der Waals surface area contributed by atoms with Crippen LogP contribution in [0.5, 0.6) is 0 Å². The first-order valence-electron chi connectivity index (χ1n) is 8.12. The van der Waals surface area contributed by atoms with Crippen LogP contribution in [-0.2, 0) is 6.54 Å². The lowest BCUT2D eigenvalue weighted by Gasteiger charge is -2.19. The molecule has 0 amide bonds. The zero-order valence-corrected chi connectivity index (χ0v) is 12.2. The maximum Gasteiger partial charge on any atom is 0.140 e. The lowest BCUT2D eigenvalue weighted by molar-refractivity contribution is 0.494. The van der Waals surface area contributed by atoms with Crippen molar-refractivity contribution in [3.05, 3.63) is 24.0 Å². The van der Waals surface area contributed by atoms with Gasteiger partial charge in [0.15, 0.2) is 0 Å². The van der Waals surface area contributed by atoms with Crippen molar-refractivity contribution in [2.75, 3.05) is 24.5 Å². The molecule has 2 fully saturated rings. The first-order chi connectivity index (χ1) is 10.4. The minimum absolute atomic E-state index is 0.871. The van der Waals surface area contributed by atoms with Crippen LogP contribution in [0.4, 0.5) is 5.69 Å². The third-order valence-corrected chi connectivity index (χ3v) is 5.52. The van der Waals surface area contributed by atoms with Gasteiger partial charge in [0.05, 0.1) is 24.1 Å². The van der Waals surface area contributed by atoms with Crippen LogP contribution in [0.25, 0.3) is 11.0 Å². The Balaban J connectivity index is 1.52. The highest BCUT2D eigenvalue weighted by molar-refractivity contribution is 5.90. The summed E-state index contributed by atoms with van der Waals surface area (Å²) in [6.07, 6.45) is 8.33. The summed E-state index contributed by atoms with van der Waals surface area (Å²) in [5.41, 5.74) is 3.61. The molecule has 5 rings (SSSR count). The van der Waals surface area contributed by atoms with Crippen LogP contribution in [0.3, 0.4) is 0 Å². The van der Waals surface area contributed by atoms with E-state index in [1.54, 1.807) is 0 Å². The van der Waals surface area contributed by atoms with Gasteiger partial charge in [-0.1, -0.05) is 6.42 Å². The summed E-state index contributed by atoms with van der Waals surface area (Å²) in [5, 5.41) is 1.26. The Morgan fingerprint density at radius 2 is 1.95 bits per heavy atom. The minimum Gasteiger partial charge on any atom is -0.370 e. The van der Waals surface area contributed by atoms with Crippen LogP contribution in [0.15, 0.2) is 23.3 Å². The zero-order chi connectivity index (χ0) is 13.8. The summed E-state index contributed by atoms with van der Waals surface area (Å²) in [7, 11) is 0. The Labute approximate surface area is 124 Å². The molecular formula is C17H20N4. The van der Waals surface area contributed by atoms with E-state index >= 15 is 0 Å². The molecule has 3 aliphatic rings. The van der Waals surface area contributed by atoms with Gasteiger partial charge >= 0.3 is 0 Å². The molecule has 0 spiro atoms. The molecule has 2 aromatic rings. The number of hydrogen-bond donors (Lipinski definition) is 0. The van der Waals surface area contributed by atoms with Crippen LogP contribution in [-0.4, -0.2) is 35.4 Å². The summed E-state index contributed by atoms with van der Waals surface area (Å²) >= 11 is 0. The molecule has 2 aliphatic heterocycles. The van der Waals surface area contributed by atoms with E-state index in [0.717, 1.165) is 30.6 Å². The third kappa shape index (κ3) is 1.74. The van der Waals surface area contributed by atoms with E-state index in [2.05, 4.69) is 32.8 Å². The summed E-state index contributed by atoms with van der Waals surface area (Å²) in [6, 6.07) is 4.55. The van der Waals surface area contributed by atoms with E-state index < -0.39 is 0 Å². The monoisotopic (exact) mass is 280 g/mol. The lowest BCUT2D eigenvalue weighted by atomic mass is 10.0. The molecule has 4 nitrogen and oxygen atoms in total. The first-order valence-corrected chi connectivity index (χ1v) is 8.12. The van der Waals surface area contributed by atoms with Crippen molar-refractivity contribution in [3.8, 4) is 0 Å². The van der Waals surface area contributed by atoms with Gasteiger partial charge in [-0.3, -0.25) is 4.99 Å². The molecule has 0 bridgehead atoms. The van der Waals surface area contributed by atoms with E-state index in [1.807, 2.05) is 6.21 Å². The van der Waals surface area contributed by atoms with E-state index in [0.29, 0.717) is 0 Å². The first kappa shape index (κ1) is 11.8. The second kappa shape index (κ2) is 4.33. The summed E-state index contributed by atoms with van der Waals surface area (Å²) < 4.78 is 2.28.